The number of likely N-dealkylation sites (tertiary alicyclic amines) is 1. The molecule has 32 heavy (non-hydrogen) atoms. The fourth-order valence-corrected chi connectivity index (χ4v) is 6.03. The summed E-state index contributed by atoms with van der Waals surface area (Å²) >= 11 is 1.32. The number of anilines is 1. The molecular formula is C22H27N5O3S2. The van der Waals surface area contributed by atoms with Crippen LogP contribution in [0, 0.1) is 13.8 Å². The van der Waals surface area contributed by atoms with Gasteiger partial charge in [-0.2, -0.15) is 5.10 Å². The minimum atomic E-state index is -3.48. The van der Waals surface area contributed by atoms with Crippen molar-refractivity contribution in [2.75, 3.05) is 17.5 Å². The molecule has 1 saturated heterocycles. The minimum absolute atomic E-state index is 0.153. The van der Waals surface area contributed by atoms with Crippen molar-refractivity contribution in [3.8, 4) is 0 Å². The van der Waals surface area contributed by atoms with Crippen LogP contribution in [0.5, 0.6) is 0 Å². The van der Waals surface area contributed by atoms with Crippen LogP contribution in [0.2, 0.25) is 0 Å². The second-order valence-corrected chi connectivity index (χ2v) is 11.9. The van der Waals surface area contributed by atoms with E-state index in [-0.39, 0.29) is 11.9 Å². The van der Waals surface area contributed by atoms with E-state index in [2.05, 4.69) is 10.8 Å². The van der Waals surface area contributed by atoms with E-state index in [1.165, 1.54) is 24.2 Å². The fourth-order valence-electron chi connectivity index (χ4n) is 4.48. The zero-order valence-electron chi connectivity index (χ0n) is 18.5. The Balaban J connectivity index is 1.50. The van der Waals surface area contributed by atoms with Crippen molar-refractivity contribution in [2.45, 2.75) is 57.9 Å². The normalized spacial score (nSPS) is 19.5. The number of carbonyl (C=O) groups is 1. The second kappa shape index (κ2) is 7.84. The van der Waals surface area contributed by atoms with E-state index in [0.717, 1.165) is 53.1 Å². The van der Waals surface area contributed by atoms with Crippen LogP contribution < -0.4 is 4.72 Å². The number of fused-ring (bicyclic) bond motifs is 1. The van der Waals surface area contributed by atoms with Crippen LogP contribution in [0.3, 0.4) is 0 Å². The van der Waals surface area contributed by atoms with E-state index in [0.29, 0.717) is 23.0 Å². The summed E-state index contributed by atoms with van der Waals surface area (Å²) < 4.78 is 28.0. The van der Waals surface area contributed by atoms with Crippen molar-refractivity contribution in [2.24, 2.45) is 0 Å². The molecule has 0 bridgehead atoms. The molecule has 0 spiro atoms. The van der Waals surface area contributed by atoms with Crippen molar-refractivity contribution in [3.63, 3.8) is 0 Å². The molecule has 1 aliphatic carbocycles. The van der Waals surface area contributed by atoms with E-state index in [9.17, 15) is 13.2 Å². The van der Waals surface area contributed by atoms with Gasteiger partial charge in [0.1, 0.15) is 4.88 Å². The smallest absolute Gasteiger partial charge is 0.266 e. The highest BCUT2D eigenvalue weighted by atomic mass is 32.2. The molecule has 5 rings (SSSR count). The van der Waals surface area contributed by atoms with Crippen LogP contribution in [0.1, 0.15) is 75.7 Å². The van der Waals surface area contributed by atoms with Crippen LogP contribution in [0.25, 0.3) is 5.65 Å². The monoisotopic (exact) mass is 473 g/mol. The number of piperidine rings is 1. The van der Waals surface area contributed by atoms with Gasteiger partial charge < -0.3 is 4.90 Å². The van der Waals surface area contributed by atoms with E-state index < -0.39 is 10.0 Å². The lowest BCUT2D eigenvalue weighted by atomic mass is 9.99. The number of aryl methyl sites for hydroxylation is 2. The lowest BCUT2D eigenvalue weighted by Crippen LogP contribution is -2.38. The van der Waals surface area contributed by atoms with Gasteiger partial charge in [-0.3, -0.25) is 9.52 Å². The van der Waals surface area contributed by atoms with Gasteiger partial charge in [0, 0.05) is 34.8 Å². The summed E-state index contributed by atoms with van der Waals surface area (Å²) in [7, 11) is -3.48. The van der Waals surface area contributed by atoms with Crippen LogP contribution in [-0.4, -0.2) is 46.6 Å². The molecular weight excluding hydrogens is 446 g/mol. The fraction of sp³-hybridized carbons (Fsp3) is 0.500. The molecule has 1 unspecified atom stereocenters. The Bertz CT molecular complexity index is 1310. The molecule has 10 heteroatoms. The standard InChI is InChI=1S/C22H27N5O3S2/c1-13-10-16(15-7-8-15)23-20-12-17(24-27(13)20)19-6-4-5-9-26(19)22(28)21-18(11-14(2)31-21)25-32(3,29)30/h10-12,15,19,25H,4-9H2,1-3H3. The Morgan fingerprint density at radius 1 is 1.12 bits per heavy atom. The number of carbonyl (C=O) groups excluding carboxylic acids is 1. The molecule has 1 amide bonds. The lowest BCUT2D eigenvalue weighted by molar-refractivity contribution is 0.0612. The first-order valence-electron chi connectivity index (χ1n) is 11.0. The summed E-state index contributed by atoms with van der Waals surface area (Å²) in [5.41, 5.74) is 4.19. The number of nitrogens with one attached hydrogen (secondary N) is 1. The van der Waals surface area contributed by atoms with E-state index >= 15 is 0 Å². The summed E-state index contributed by atoms with van der Waals surface area (Å²) in [5.74, 6) is 0.409. The minimum Gasteiger partial charge on any atom is -0.329 e. The number of rotatable bonds is 5. The van der Waals surface area contributed by atoms with E-state index in [1.54, 1.807) is 6.07 Å². The van der Waals surface area contributed by atoms with Crippen molar-refractivity contribution in [1.29, 1.82) is 0 Å². The maximum Gasteiger partial charge on any atom is 0.266 e. The Hall–Kier alpha value is -2.46. The van der Waals surface area contributed by atoms with Gasteiger partial charge in [0.15, 0.2) is 5.65 Å². The lowest BCUT2D eigenvalue weighted by Gasteiger charge is -2.34. The van der Waals surface area contributed by atoms with Crippen molar-refractivity contribution >= 4 is 38.6 Å². The third-order valence-corrected chi connectivity index (χ3v) is 7.72. The summed E-state index contributed by atoms with van der Waals surface area (Å²) in [6, 6.07) is 5.68. The van der Waals surface area contributed by atoms with Crippen LogP contribution in [0.15, 0.2) is 18.2 Å². The van der Waals surface area contributed by atoms with Crippen molar-refractivity contribution in [3.05, 3.63) is 45.0 Å². The number of hydrogen-bond donors (Lipinski definition) is 1. The molecule has 1 N–H and O–H groups in total. The number of sulfonamides is 1. The summed E-state index contributed by atoms with van der Waals surface area (Å²) in [6.07, 6.45) is 6.23. The van der Waals surface area contributed by atoms with Gasteiger partial charge in [-0.05, 0) is 58.1 Å². The molecule has 0 radical (unpaired) electrons. The summed E-state index contributed by atoms with van der Waals surface area (Å²) in [6.45, 7) is 4.53. The average Bonchev–Trinajstić information content (AvgIpc) is 3.39. The zero-order chi connectivity index (χ0) is 22.6. The van der Waals surface area contributed by atoms with Crippen LogP contribution in [-0.2, 0) is 10.0 Å². The number of thiophene rings is 1. The highest BCUT2D eigenvalue weighted by molar-refractivity contribution is 7.92. The molecule has 170 valence electrons. The Morgan fingerprint density at radius 3 is 2.62 bits per heavy atom. The van der Waals surface area contributed by atoms with E-state index in [4.69, 9.17) is 10.1 Å². The summed E-state index contributed by atoms with van der Waals surface area (Å²) in [5, 5.41) is 4.82. The maximum absolute atomic E-state index is 13.6. The first-order chi connectivity index (χ1) is 15.2. The molecule has 8 nitrogen and oxygen atoms in total. The predicted molar refractivity (Wildman–Crippen MR) is 125 cm³/mol. The van der Waals surface area contributed by atoms with Crippen molar-refractivity contribution < 1.29 is 13.2 Å². The largest absolute Gasteiger partial charge is 0.329 e. The Morgan fingerprint density at radius 2 is 1.91 bits per heavy atom. The third-order valence-electron chi connectivity index (χ3n) is 6.09. The van der Waals surface area contributed by atoms with Gasteiger partial charge in [0.05, 0.1) is 23.7 Å². The van der Waals surface area contributed by atoms with Gasteiger partial charge >= 0.3 is 0 Å². The molecule has 0 aromatic carbocycles. The molecule has 1 aliphatic heterocycles. The molecule has 2 fully saturated rings. The molecule has 3 aromatic heterocycles. The quantitative estimate of drug-likeness (QED) is 0.604. The van der Waals surface area contributed by atoms with E-state index in [1.807, 2.05) is 29.3 Å². The number of amides is 1. The SMILES string of the molecule is Cc1cc(NS(C)(=O)=O)c(C(=O)N2CCCCC2c2cc3nc(C4CC4)cc(C)n3n2)s1. The average molecular weight is 474 g/mol. The highest BCUT2D eigenvalue weighted by Gasteiger charge is 2.33. The topological polar surface area (TPSA) is 96.7 Å². The first kappa shape index (κ1) is 21.4. The van der Waals surface area contributed by atoms with Gasteiger partial charge in [0.25, 0.3) is 5.91 Å². The Labute approximate surface area is 191 Å². The highest BCUT2D eigenvalue weighted by Crippen LogP contribution is 2.40. The molecule has 1 atom stereocenters. The zero-order valence-corrected chi connectivity index (χ0v) is 20.1. The van der Waals surface area contributed by atoms with Gasteiger partial charge in [-0.25, -0.2) is 17.9 Å². The van der Waals surface area contributed by atoms with Gasteiger partial charge in [-0.1, -0.05) is 0 Å². The molecule has 1 saturated carbocycles. The van der Waals surface area contributed by atoms with Gasteiger partial charge in [-0.15, -0.1) is 11.3 Å². The number of hydrogen-bond acceptors (Lipinski definition) is 6. The Kier molecular flexibility index (Phi) is 5.24. The van der Waals surface area contributed by atoms with Crippen LogP contribution >= 0.6 is 11.3 Å². The number of nitrogens with zero attached hydrogens (tertiary/aromatic N) is 4. The van der Waals surface area contributed by atoms with Crippen molar-refractivity contribution in [1.82, 2.24) is 19.5 Å². The maximum atomic E-state index is 13.6. The van der Waals surface area contributed by atoms with Crippen LogP contribution in [0.4, 0.5) is 5.69 Å². The molecule has 2 aliphatic rings. The second-order valence-electron chi connectivity index (χ2n) is 8.92. The predicted octanol–water partition coefficient (Wildman–Crippen LogP) is 4.02. The third kappa shape index (κ3) is 4.13. The molecule has 3 aromatic rings. The number of aromatic nitrogens is 3. The first-order valence-corrected chi connectivity index (χ1v) is 13.7. The molecule has 4 heterocycles. The van der Waals surface area contributed by atoms with Gasteiger partial charge in [0.2, 0.25) is 10.0 Å². The summed E-state index contributed by atoms with van der Waals surface area (Å²) in [4.78, 5) is 21.6.